The Morgan fingerprint density at radius 1 is 0.968 bits per heavy atom. The van der Waals surface area contributed by atoms with E-state index < -0.39 is 23.7 Å². The summed E-state index contributed by atoms with van der Waals surface area (Å²) in [5, 5.41) is 2.75. The van der Waals surface area contributed by atoms with E-state index in [4.69, 9.17) is 11.6 Å². The summed E-state index contributed by atoms with van der Waals surface area (Å²) in [5.41, 5.74) is 3.11. The van der Waals surface area contributed by atoms with Crippen molar-refractivity contribution in [3.05, 3.63) is 88.0 Å². The normalized spacial score (nSPS) is 15.5. The molecule has 1 aromatic heterocycles. The van der Waals surface area contributed by atoms with Crippen LogP contribution in [-0.4, -0.2) is 22.4 Å². The molecule has 3 aromatic rings. The topological polar surface area (TPSA) is 71.4 Å². The van der Waals surface area contributed by atoms with Crippen molar-refractivity contribution in [2.45, 2.75) is 13.8 Å². The molecule has 0 bridgehead atoms. The van der Waals surface area contributed by atoms with Gasteiger partial charge in [0.15, 0.2) is 0 Å². The molecular formula is C23H17ClFN3O3. The molecular weight excluding hydrogens is 421 g/mol. The Kier molecular flexibility index (Phi) is 5.20. The highest BCUT2D eigenvalue weighted by Gasteiger charge is 2.37. The first-order valence-electron chi connectivity index (χ1n) is 9.38. The lowest BCUT2D eigenvalue weighted by Crippen LogP contribution is -2.54. The Bertz CT molecular complexity index is 1260. The predicted molar refractivity (Wildman–Crippen MR) is 116 cm³/mol. The molecule has 1 aliphatic rings. The third kappa shape index (κ3) is 3.75. The van der Waals surface area contributed by atoms with E-state index in [2.05, 4.69) is 5.32 Å². The minimum atomic E-state index is -0.886. The number of aryl methyl sites for hydroxylation is 1. The van der Waals surface area contributed by atoms with E-state index in [1.807, 2.05) is 42.7 Å². The fourth-order valence-corrected chi connectivity index (χ4v) is 3.77. The summed E-state index contributed by atoms with van der Waals surface area (Å²) in [5.74, 6) is -2.08. The predicted octanol–water partition coefficient (Wildman–Crippen LogP) is 4.55. The van der Waals surface area contributed by atoms with Crippen LogP contribution in [0, 0.1) is 19.7 Å². The lowest BCUT2D eigenvalue weighted by Gasteiger charge is -2.26. The molecule has 0 aliphatic carbocycles. The molecule has 6 nitrogen and oxygen atoms in total. The van der Waals surface area contributed by atoms with Crippen molar-refractivity contribution >= 4 is 41.2 Å². The van der Waals surface area contributed by atoms with Crippen molar-refractivity contribution in [3.8, 4) is 5.69 Å². The number of benzene rings is 2. The lowest BCUT2D eigenvalue weighted by molar-refractivity contribution is -0.122. The lowest BCUT2D eigenvalue weighted by atomic mass is 10.1. The van der Waals surface area contributed by atoms with E-state index in [9.17, 15) is 18.8 Å². The van der Waals surface area contributed by atoms with Gasteiger partial charge in [-0.2, -0.15) is 0 Å². The maximum Gasteiger partial charge on any atom is 0.335 e. The van der Waals surface area contributed by atoms with Crippen molar-refractivity contribution in [3.63, 3.8) is 0 Å². The molecule has 0 radical (unpaired) electrons. The minimum Gasteiger partial charge on any atom is -0.318 e. The van der Waals surface area contributed by atoms with Crippen LogP contribution in [0.25, 0.3) is 11.8 Å². The van der Waals surface area contributed by atoms with Crippen LogP contribution >= 0.6 is 11.6 Å². The van der Waals surface area contributed by atoms with Gasteiger partial charge in [0, 0.05) is 22.1 Å². The number of urea groups is 1. The van der Waals surface area contributed by atoms with Gasteiger partial charge in [0.2, 0.25) is 0 Å². The summed E-state index contributed by atoms with van der Waals surface area (Å²) >= 11 is 6.11. The average Bonchev–Trinajstić information content (AvgIpc) is 2.99. The zero-order valence-corrected chi connectivity index (χ0v) is 17.4. The van der Waals surface area contributed by atoms with E-state index >= 15 is 0 Å². The molecule has 8 heteroatoms. The van der Waals surface area contributed by atoms with Crippen LogP contribution < -0.4 is 10.2 Å². The molecule has 0 unspecified atom stereocenters. The largest absolute Gasteiger partial charge is 0.335 e. The van der Waals surface area contributed by atoms with E-state index in [1.165, 1.54) is 18.2 Å². The van der Waals surface area contributed by atoms with Gasteiger partial charge in [0.05, 0.1) is 5.69 Å². The molecule has 31 heavy (non-hydrogen) atoms. The summed E-state index contributed by atoms with van der Waals surface area (Å²) in [7, 11) is 0. The van der Waals surface area contributed by atoms with Gasteiger partial charge in [-0.25, -0.2) is 14.1 Å². The second kappa shape index (κ2) is 7.85. The number of nitrogens with zero attached hydrogens (tertiary/aromatic N) is 2. The second-order valence-electron chi connectivity index (χ2n) is 7.08. The summed E-state index contributed by atoms with van der Waals surface area (Å²) in [6, 6.07) is 13.1. The zero-order chi connectivity index (χ0) is 22.3. The molecule has 2 aromatic carbocycles. The van der Waals surface area contributed by atoms with Gasteiger partial charge in [-0.05, 0) is 74.0 Å². The minimum absolute atomic E-state index is 0.159. The number of imide groups is 2. The SMILES string of the molecule is Cc1cc(C=C2C(=O)NC(=O)N(c3ccc(F)cc3)C2=O)c(C)n1-c1cccc(Cl)c1. The average molecular weight is 438 g/mol. The van der Waals surface area contributed by atoms with Crippen molar-refractivity contribution in [2.75, 3.05) is 4.90 Å². The fourth-order valence-electron chi connectivity index (χ4n) is 3.58. The van der Waals surface area contributed by atoms with Gasteiger partial charge in [-0.3, -0.25) is 14.9 Å². The first kappa shape index (κ1) is 20.6. The van der Waals surface area contributed by atoms with Gasteiger partial charge in [-0.15, -0.1) is 0 Å². The van der Waals surface area contributed by atoms with Crippen molar-refractivity contribution < 1.29 is 18.8 Å². The number of hydrogen-bond donors (Lipinski definition) is 1. The van der Waals surface area contributed by atoms with Crippen molar-refractivity contribution in [1.29, 1.82) is 0 Å². The first-order chi connectivity index (χ1) is 14.8. The Labute approximate surface area is 182 Å². The summed E-state index contributed by atoms with van der Waals surface area (Å²) in [6.45, 7) is 3.75. The van der Waals surface area contributed by atoms with Crippen LogP contribution in [0.1, 0.15) is 17.0 Å². The molecule has 4 rings (SSSR count). The molecule has 1 aliphatic heterocycles. The van der Waals surface area contributed by atoms with Crippen LogP contribution in [0.4, 0.5) is 14.9 Å². The highest BCUT2D eigenvalue weighted by molar-refractivity contribution is 6.39. The highest BCUT2D eigenvalue weighted by Crippen LogP contribution is 2.27. The van der Waals surface area contributed by atoms with E-state index in [1.54, 1.807) is 6.07 Å². The summed E-state index contributed by atoms with van der Waals surface area (Å²) in [6.07, 6.45) is 1.45. The number of hydrogen-bond acceptors (Lipinski definition) is 3. The maximum atomic E-state index is 13.2. The first-order valence-corrected chi connectivity index (χ1v) is 9.76. The van der Waals surface area contributed by atoms with Gasteiger partial charge >= 0.3 is 6.03 Å². The smallest absolute Gasteiger partial charge is 0.318 e. The molecule has 1 fully saturated rings. The number of halogens is 2. The van der Waals surface area contributed by atoms with Crippen molar-refractivity contribution in [2.24, 2.45) is 0 Å². The number of barbiturate groups is 1. The molecule has 1 N–H and O–H groups in total. The number of aromatic nitrogens is 1. The summed E-state index contributed by atoms with van der Waals surface area (Å²) < 4.78 is 15.2. The zero-order valence-electron chi connectivity index (χ0n) is 16.6. The molecule has 156 valence electrons. The van der Waals surface area contributed by atoms with Crippen LogP contribution in [0.15, 0.2) is 60.2 Å². The Balaban J connectivity index is 1.76. The Morgan fingerprint density at radius 2 is 1.68 bits per heavy atom. The Hall–Kier alpha value is -3.71. The van der Waals surface area contributed by atoms with Gasteiger partial charge in [0.25, 0.3) is 11.8 Å². The number of amides is 4. The van der Waals surface area contributed by atoms with Gasteiger partial charge in [0.1, 0.15) is 11.4 Å². The second-order valence-corrected chi connectivity index (χ2v) is 7.51. The Morgan fingerprint density at radius 3 is 2.35 bits per heavy atom. The number of anilines is 1. The van der Waals surface area contributed by atoms with Crippen LogP contribution in [0.2, 0.25) is 5.02 Å². The molecule has 0 spiro atoms. The fraction of sp³-hybridized carbons (Fsp3) is 0.0870. The summed E-state index contributed by atoms with van der Waals surface area (Å²) in [4.78, 5) is 38.5. The monoisotopic (exact) mass is 437 g/mol. The number of rotatable bonds is 3. The standard InChI is InChI=1S/C23H17ClFN3O3/c1-13-10-15(14(2)27(13)19-5-3-4-16(24)12-19)11-20-21(29)26-23(31)28(22(20)30)18-8-6-17(25)7-9-18/h3-12H,1-2H3,(H,26,29,31). The van der Waals surface area contributed by atoms with E-state index in [-0.39, 0.29) is 11.3 Å². The number of nitrogens with one attached hydrogen (secondary N) is 1. The third-order valence-corrected chi connectivity index (χ3v) is 5.26. The molecule has 4 amide bonds. The van der Waals surface area contributed by atoms with Gasteiger partial charge < -0.3 is 4.57 Å². The van der Waals surface area contributed by atoms with E-state index in [0.29, 0.717) is 10.6 Å². The molecule has 0 atom stereocenters. The molecule has 0 saturated carbocycles. The quantitative estimate of drug-likeness (QED) is 0.482. The number of carbonyl (C=O) groups excluding carboxylic acids is 3. The van der Waals surface area contributed by atoms with Crippen LogP contribution in [0.3, 0.4) is 0 Å². The maximum absolute atomic E-state index is 13.2. The van der Waals surface area contributed by atoms with Crippen LogP contribution in [-0.2, 0) is 9.59 Å². The molecule has 1 saturated heterocycles. The van der Waals surface area contributed by atoms with Crippen molar-refractivity contribution in [1.82, 2.24) is 9.88 Å². The molecule has 2 heterocycles. The van der Waals surface area contributed by atoms with Crippen LogP contribution in [0.5, 0.6) is 0 Å². The third-order valence-electron chi connectivity index (χ3n) is 5.02. The highest BCUT2D eigenvalue weighted by atomic mass is 35.5. The number of carbonyl (C=O) groups is 3. The van der Waals surface area contributed by atoms with Gasteiger partial charge in [-0.1, -0.05) is 17.7 Å². The van der Waals surface area contributed by atoms with E-state index in [0.717, 1.165) is 34.1 Å².